The number of methoxy groups -OCH3 is 1. The van der Waals surface area contributed by atoms with E-state index in [-0.39, 0.29) is 17.9 Å². The highest BCUT2D eigenvalue weighted by atomic mass is 16.5. The van der Waals surface area contributed by atoms with Gasteiger partial charge in [0.25, 0.3) is 0 Å². The molecule has 0 saturated carbocycles. The molecule has 1 saturated heterocycles. The summed E-state index contributed by atoms with van der Waals surface area (Å²) in [5, 5.41) is 11.8. The van der Waals surface area contributed by atoms with Crippen LogP contribution in [0.4, 0.5) is 4.79 Å². The molecule has 2 amide bonds. The summed E-state index contributed by atoms with van der Waals surface area (Å²) < 4.78 is 4.53. The number of ether oxygens (including phenoxy) is 1. The number of hydrogen-bond donors (Lipinski definition) is 2. The van der Waals surface area contributed by atoms with Crippen molar-refractivity contribution in [2.45, 2.75) is 58.2 Å². The molecule has 0 aromatic heterocycles. The first-order valence-electron chi connectivity index (χ1n) is 7.22. The molecule has 1 rings (SSSR count). The summed E-state index contributed by atoms with van der Waals surface area (Å²) >= 11 is 0. The number of nitrogens with one attached hydrogen (secondary N) is 1. The van der Waals surface area contributed by atoms with Crippen LogP contribution >= 0.6 is 0 Å². The SMILES string of the molecule is CC[C@H]1CC[C@@H](C(=O)O)N1C(=O)C(NC(=O)OC)C(C)C. The molecule has 2 N–H and O–H groups in total. The van der Waals surface area contributed by atoms with Gasteiger partial charge in [-0.2, -0.15) is 0 Å². The average molecular weight is 300 g/mol. The summed E-state index contributed by atoms with van der Waals surface area (Å²) in [5.74, 6) is -1.52. The maximum Gasteiger partial charge on any atom is 0.407 e. The van der Waals surface area contributed by atoms with E-state index in [9.17, 15) is 19.5 Å². The first kappa shape index (κ1) is 17.3. The minimum Gasteiger partial charge on any atom is -0.480 e. The molecule has 1 aliphatic heterocycles. The average Bonchev–Trinajstić information content (AvgIpc) is 2.87. The van der Waals surface area contributed by atoms with Crippen molar-refractivity contribution >= 4 is 18.0 Å². The summed E-state index contributed by atoms with van der Waals surface area (Å²) in [5.41, 5.74) is 0. The molecule has 1 aliphatic rings. The predicted octanol–water partition coefficient (Wildman–Crippen LogP) is 1.22. The lowest BCUT2D eigenvalue weighted by Gasteiger charge is -2.33. The highest BCUT2D eigenvalue weighted by Gasteiger charge is 2.43. The Morgan fingerprint density at radius 3 is 2.38 bits per heavy atom. The fourth-order valence-corrected chi connectivity index (χ4v) is 2.72. The number of carbonyl (C=O) groups is 3. The van der Waals surface area contributed by atoms with Gasteiger partial charge < -0.3 is 20.1 Å². The van der Waals surface area contributed by atoms with Crippen molar-refractivity contribution in [3.63, 3.8) is 0 Å². The predicted molar refractivity (Wildman–Crippen MR) is 75.7 cm³/mol. The number of aliphatic carboxylic acids is 1. The maximum absolute atomic E-state index is 12.7. The Bertz CT molecular complexity index is 410. The van der Waals surface area contributed by atoms with Crippen LogP contribution in [0.25, 0.3) is 0 Å². The first-order valence-corrected chi connectivity index (χ1v) is 7.22. The third kappa shape index (κ3) is 3.86. The number of likely N-dealkylation sites (tertiary alicyclic amines) is 1. The van der Waals surface area contributed by atoms with Crippen molar-refractivity contribution in [3.05, 3.63) is 0 Å². The standard InChI is InChI=1S/C14H24N2O5/c1-5-9-6-7-10(13(18)19)16(9)12(17)11(8(2)3)15-14(20)21-4/h8-11H,5-7H2,1-4H3,(H,15,20)(H,18,19)/t9-,10-,11?/m0/s1. The zero-order valence-electron chi connectivity index (χ0n) is 13.0. The molecule has 120 valence electrons. The maximum atomic E-state index is 12.7. The topological polar surface area (TPSA) is 95.9 Å². The number of carbonyl (C=O) groups excluding carboxylic acids is 2. The van der Waals surface area contributed by atoms with Crippen LogP contribution < -0.4 is 5.32 Å². The lowest BCUT2D eigenvalue weighted by atomic mass is 10.0. The minimum atomic E-state index is -1.00. The number of carboxylic acids is 1. The zero-order valence-corrected chi connectivity index (χ0v) is 13.0. The highest BCUT2D eigenvalue weighted by Crippen LogP contribution is 2.28. The lowest BCUT2D eigenvalue weighted by Crippen LogP contribution is -2.55. The normalized spacial score (nSPS) is 23.0. The fraction of sp³-hybridized carbons (Fsp3) is 0.786. The first-order chi connectivity index (χ1) is 9.83. The third-order valence-electron chi connectivity index (χ3n) is 3.90. The van der Waals surface area contributed by atoms with E-state index < -0.39 is 24.1 Å². The molecule has 0 spiro atoms. The molecule has 1 unspecified atom stereocenters. The summed E-state index contributed by atoms with van der Waals surface area (Å²) in [6.45, 7) is 5.52. The molecule has 1 fully saturated rings. The van der Waals surface area contributed by atoms with E-state index in [2.05, 4.69) is 10.1 Å². The van der Waals surface area contributed by atoms with Crippen LogP contribution in [0.3, 0.4) is 0 Å². The molecule has 0 aromatic carbocycles. The monoisotopic (exact) mass is 300 g/mol. The number of carboxylic acid groups (broad SMARTS) is 1. The second kappa shape index (κ2) is 7.28. The van der Waals surface area contributed by atoms with E-state index >= 15 is 0 Å². The Hall–Kier alpha value is -1.79. The van der Waals surface area contributed by atoms with Gasteiger partial charge in [0.2, 0.25) is 5.91 Å². The van der Waals surface area contributed by atoms with Crippen molar-refractivity contribution < 1.29 is 24.2 Å². The van der Waals surface area contributed by atoms with E-state index in [0.29, 0.717) is 19.3 Å². The third-order valence-corrected chi connectivity index (χ3v) is 3.90. The Kier molecular flexibility index (Phi) is 5.99. The van der Waals surface area contributed by atoms with Crippen LogP contribution in [0.1, 0.15) is 40.0 Å². The van der Waals surface area contributed by atoms with Gasteiger partial charge in [-0.3, -0.25) is 4.79 Å². The second-order valence-electron chi connectivity index (χ2n) is 5.60. The summed E-state index contributed by atoms with van der Waals surface area (Å²) in [6.07, 6.45) is 1.12. The summed E-state index contributed by atoms with van der Waals surface area (Å²) in [6, 6.07) is -1.70. The largest absolute Gasteiger partial charge is 0.480 e. The quantitative estimate of drug-likeness (QED) is 0.796. The Labute approximate surface area is 124 Å². The Morgan fingerprint density at radius 2 is 1.95 bits per heavy atom. The number of rotatable bonds is 5. The molecule has 0 bridgehead atoms. The smallest absolute Gasteiger partial charge is 0.407 e. The summed E-state index contributed by atoms with van der Waals surface area (Å²) in [4.78, 5) is 36.9. The number of hydrogen-bond acceptors (Lipinski definition) is 4. The molecular weight excluding hydrogens is 276 g/mol. The van der Waals surface area contributed by atoms with Crippen molar-refractivity contribution in [3.8, 4) is 0 Å². The van der Waals surface area contributed by atoms with Crippen LogP contribution in [-0.4, -0.2) is 53.2 Å². The van der Waals surface area contributed by atoms with Gasteiger partial charge in [0.15, 0.2) is 0 Å². The molecule has 1 heterocycles. The molecule has 3 atom stereocenters. The highest BCUT2D eigenvalue weighted by molar-refractivity contribution is 5.90. The Balaban J connectivity index is 2.98. The van der Waals surface area contributed by atoms with Gasteiger partial charge in [-0.1, -0.05) is 20.8 Å². The molecule has 0 aliphatic carbocycles. The van der Waals surface area contributed by atoms with Crippen LogP contribution in [-0.2, 0) is 14.3 Å². The van der Waals surface area contributed by atoms with Crippen molar-refractivity contribution in [1.29, 1.82) is 0 Å². The zero-order chi connectivity index (χ0) is 16.2. The van der Waals surface area contributed by atoms with Crippen LogP contribution in [0, 0.1) is 5.92 Å². The number of alkyl carbamates (subject to hydrolysis) is 1. The lowest BCUT2D eigenvalue weighted by molar-refractivity contribution is -0.151. The van der Waals surface area contributed by atoms with Crippen molar-refractivity contribution in [2.24, 2.45) is 5.92 Å². The Morgan fingerprint density at radius 1 is 1.33 bits per heavy atom. The van der Waals surface area contributed by atoms with Gasteiger partial charge in [-0.15, -0.1) is 0 Å². The van der Waals surface area contributed by atoms with Gasteiger partial charge in [0, 0.05) is 6.04 Å². The van der Waals surface area contributed by atoms with E-state index in [1.807, 2.05) is 6.92 Å². The van der Waals surface area contributed by atoms with Gasteiger partial charge in [0.1, 0.15) is 12.1 Å². The van der Waals surface area contributed by atoms with Crippen molar-refractivity contribution in [2.75, 3.05) is 7.11 Å². The molecule has 0 aromatic rings. The minimum absolute atomic E-state index is 0.0979. The van der Waals surface area contributed by atoms with Crippen LogP contribution in [0.5, 0.6) is 0 Å². The van der Waals surface area contributed by atoms with E-state index in [1.165, 1.54) is 12.0 Å². The summed E-state index contributed by atoms with van der Waals surface area (Å²) in [7, 11) is 1.22. The van der Waals surface area contributed by atoms with Gasteiger partial charge in [-0.25, -0.2) is 9.59 Å². The fourth-order valence-electron chi connectivity index (χ4n) is 2.72. The van der Waals surface area contributed by atoms with Gasteiger partial charge in [-0.05, 0) is 25.2 Å². The molecular formula is C14H24N2O5. The van der Waals surface area contributed by atoms with E-state index in [0.717, 1.165) is 0 Å². The van der Waals surface area contributed by atoms with Crippen LogP contribution in [0.2, 0.25) is 0 Å². The molecule has 7 heteroatoms. The van der Waals surface area contributed by atoms with Gasteiger partial charge >= 0.3 is 12.1 Å². The van der Waals surface area contributed by atoms with E-state index in [4.69, 9.17) is 0 Å². The second-order valence-corrected chi connectivity index (χ2v) is 5.60. The molecule has 21 heavy (non-hydrogen) atoms. The van der Waals surface area contributed by atoms with Gasteiger partial charge in [0.05, 0.1) is 7.11 Å². The number of amides is 2. The molecule has 0 radical (unpaired) electrons. The van der Waals surface area contributed by atoms with E-state index in [1.54, 1.807) is 13.8 Å². The number of nitrogens with zero attached hydrogens (tertiary/aromatic N) is 1. The molecule has 7 nitrogen and oxygen atoms in total. The van der Waals surface area contributed by atoms with Crippen molar-refractivity contribution in [1.82, 2.24) is 10.2 Å². The van der Waals surface area contributed by atoms with Crippen LogP contribution in [0.15, 0.2) is 0 Å².